The minimum atomic E-state index is -0.927. The lowest BCUT2D eigenvalue weighted by molar-refractivity contribution is 0.0462. The van der Waals surface area contributed by atoms with E-state index in [9.17, 15) is 9.90 Å². The van der Waals surface area contributed by atoms with Crippen LogP contribution in [0.4, 0.5) is 0 Å². The topological polar surface area (TPSA) is 68.8 Å². The van der Waals surface area contributed by atoms with Crippen LogP contribution in [0.5, 0.6) is 0 Å². The van der Waals surface area contributed by atoms with Crippen molar-refractivity contribution >= 4 is 11.5 Å². The fourth-order valence-electron chi connectivity index (χ4n) is 2.86. The van der Waals surface area contributed by atoms with Crippen molar-refractivity contribution < 1.29 is 14.6 Å². The zero-order valence-corrected chi connectivity index (χ0v) is 13.4. The van der Waals surface area contributed by atoms with Gasteiger partial charge in [0.15, 0.2) is 0 Å². The van der Waals surface area contributed by atoms with Gasteiger partial charge in [0.1, 0.15) is 0 Å². The van der Waals surface area contributed by atoms with Crippen LogP contribution in [0.25, 0.3) is 5.52 Å². The van der Waals surface area contributed by atoms with Crippen molar-refractivity contribution in [1.82, 2.24) is 14.2 Å². The average Bonchev–Trinajstić information content (AvgIpc) is 3.12. The molecule has 3 aromatic heterocycles. The molecule has 0 aromatic carbocycles. The van der Waals surface area contributed by atoms with E-state index in [-0.39, 0.29) is 6.10 Å². The lowest BCUT2D eigenvalue weighted by Crippen LogP contribution is -2.12. The number of ether oxygens (including phenoxy) is 1. The maximum absolute atomic E-state index is 11.5. The summed E-state index contributed by atoms with van der Waals surface area (Å²) in [6.45, 7) is 4.12. The summed E-state index contributed by atoms with van der Waals surface area (Å²) in [6, 6.07) is 7.38. The van der Waals surface area contributed by atoms with Gasteiger partial charge in [0.25, 0.3) is 0 Å². The second-order valence-corrected chi connectivity index (χ2v) is 5.61. The van der Waals surface area contributed by atoms with Gasteiger partial charge in [0.2, 0.25) is 0 Å². The molecule has 0 fully saturated rings. The van der Waals surface area contributed by atoms with E-state index >= 15 is 0 Å². The van der Waals surface area contributed by atoms with Crippen LogP contribution in [0.3, 0.4) is 0 Å². The van der Waals surface area contributed by atoms with Gasteiger partial charge >= 0.3 is 5.97 Å². The molecule has 0 spiro atoms. The molecule has 1 N–H and O–H groups in total. The molecule has 0 aliphatic rings. The van der Waals surface area contributed by atoms with Crippen molar-refractivity contribution in [1.29, 1.82) is 0 Å². The number of aryl methyl sites for hydroxylation is 1. The predicted molar refractivity (Wildman–Crippen MR) is 85.5 cm³/mol. The van der Waals surface area contributed by atoms with E-state index in [1.165, 1.54) is 0 Å². The highest BCUT2D eigenvalue weighted by atomic mass is 16.5. The monoisotopic (exact) mass is 313 g/mol. The number of fused-ring (bicyclic) bond motifs is 1. The summed E-state index contributed by atoms with van der Waals surface area (Å²) in [5.41, 5.74) is 3.56. The van der Waals surface area contributed by atoms with Crippen LogP contribution in [-0.4, -0.2) is 25.3 Å². The largest absolute Gasteiger partial charge is 0.478 e. The lowest BCUT2D eigenvalue weighted by atomic mass is 10.0. The molecule has 3 rings (SSSR count). The highest BCUT2D eigenvalue weighted by Crippen LogP contribution is 2.27. The minimum Gasteiger partial charge on any atom is -0.478 e. The third-order valence-corrected chi connectivity index (χ3v) is 3.99. The molecule has 3 heterocycles. The van der Waals surface area contributed by atoms with Crippen LogP contribution < -0.4 is 0 Å². The Morgan fingerprint density at radius 1 is 1.39 bits per heavy atom. The molecular formula is C17H19N3O3. The van der Waals surface area contributed by atoms with E-state index in [4.69, 9.17) is 4.74 Å². The highest BCUT2D eigenvalue weighted by molar-refractivity contribution is 5.91. The number of rotatable bonds is 5. The summed E-state index contributed by atoms with van der Waals surface area (Å²) in [4.78, 5) is 11.5. The Kier molecular flexibility index (Phi) is 3.92. The molecule has 0 saturated carbocycles. The van der Waals surface area contributed by atoms with Gasteiger partial charge in [-0.3, -0.25) is 4.68 Å². The van der Waals surface area contributed by atoms with Gasteiger partial charge in [-0.2, -0.15) is 5.10 Å². The second-order valence-electron chi connectivity index (χ2n) is 5.61. The number of pyridine rings is 1. The minimum absolute atomic E-state index is 0.258. The van der Waals surface area contributed by atoms with Crippen LogP contribution >= 0.6 is 0 Å². The number of carboxylic acid groups (broad SMARTS) is 1. The van der Waals surface area contributed by atoms with Crippen molar-refractivity contribution in [3.63, 3.8) is 0 Å². The number of nitrogens with zero attached hydrogens (tertiary/aromatic N) is 3. The maximum atomic E-state index is 11.5. The van der Waals surface area contributed by atoms with Gasteiger partial charge in [-0.1, -0.05) is 0 Å². The fourth-order valence-corrected chi connectivity index (χ4v) is 2.86. The van der Waals surface area contributed by atoms with Crippen LogP contribution in [0.1, 0.15) is 40.3 Å². The zero-order valence-electron chi connectivity index (χ0n) is 13.4. The van der Waals surface area contributed by atoms with Gasteiger partial charge in [0, 0.05) is 25.0 Å². The SMILES string of the molecule is Cc1c(C(=O)O)cc2cccn2c1C(C)OCc1ccn(C)n1. The van der Waals surface area contributed by atoms with Gasteiger partial charge in [-0.15, -0.1) is 0 Å². The van der Waals surface area contributed by atoms with Crippen molar-refractivity contribution in [2.75, 3.05) is 0 Å². The molecule has 120 valence electrons. The second kappa shape index (κ2) is 5.89. The summed E-state index contributed by atoms with van der Waals surface area (Å²) >= 11 is 0. The van der Waals surface area contributed by atoms with Crippen molar-refractivity contribution in [3.05, 3.63) is 59.2 Å². The normalized spacial score (nSPS) is 12.7. The number of aromatic carboxylic acids is 1. The molecule has 1 unspecified atom stereocenters. The van der Waals surface area contributed by atoms with E-state index in [1.54, 1.807) is 10.7 Å². The molecule has 0 aliphatic heterocycles. The average molecular weight is 313 g/mol. The third-order valence-electron chi connectivity index (χ3n) is 3.99. The molecule has 1 atom stereocenters. The molecule has 3 aromatic rings. The van der Waals surface area contributed by atoms with Crippen LogP contribution in [0, 0.1) is 6.92 Å². The Hall–Kier alpha value is -2.60. The molecular weight excluding hydrogens is 294 g/mol. The predicted octanol–water partition coefficient (Wildman–Crippen LogP) is 2.96. The third kappa shape index (κ3) is 2.85. The van der Waals surface area contributed by atoms with E-state index in [0.717, 1.165) is 22.5 Å². The Morgan fingerprint density at radius 3 is 2.83 bits per heavy atom. The first-order chi connectivity index (χ1) is 11.0. The number of hydrogen-bond donors (Lipinski definition) is 1. The van der Waals surface area contributed by atoms with Crippen LogP contribution in [0.15, 0.2) is 36.7 Å². The molecule has 0 saturated heterocycles. The van der Waals surface area contributed by atoms with Gasteiger partial charge in [0.05, 0.1) is 29.7 Å². The fraction of sp³-hybridized carbons (Fsp3) is 0.294. The summed E-state index contributed by atoms with van der Waals surface area (Å²) in [7, 11) is 1.86. The molecule has 23 heavy (non-hydrogen) atoms. The standard InChI is InChI=1S/C17H19N3O3/c1-11-15(17(21)22)9-14-5-4-7-20(14)16(11)12(2)23-10-13-6-8-19(3)18-13/h4-9,12H,10H2,1-3H3,(H,21,22). The first-order valence-electron chi connectivity index (χ1n) is 7.41. The lowest BCUT2D eigenvalue weighted by Gasteiger charge is -2.19. The number of hydrogen-bond acceptors (Lipinski definition) is 3. The summed E-state index contributed by atoms with van der Waals surface area (Å²) in [5, 5.41) is 13.7. The molecule has 0 amide bonds. The first kappa shape index (κ1) is 15.3. The van der Waals surface area contributed by atoms with E-state index < -0.39 is 5.97 Å². The van der Waals surface area contributed by atoms with Crippen molar-refractivity contribution in [2.45, 2.75) is 26.6 Å². The Labute approximate surface area is 133 Å². The Morgan fingerprint density at radius 2 is 2.17 bits per heavy atom. The van der Waals surface area contributed by atoms with E-state index in [1.807, 2.05) is 55.9 Å². The summed E-state index contributed by atoms with van der Waals surface area (Å²) in [6.07, 6.45) is 3.53. The van der Waals surface area contributed by atoms with Crippen LogP contribution in [-0.2, 0) is 18.4 Å². The van der Waals surface area contributed by atoms with Gasteiger partial charge in [-0.25, -0.2) is 4.79 Å². The summed E-state index contributed by atoms with van der Waals surface area (Å²) < 4.78 is 9.63. The first-order valence-corrected chi connectivity index (χ1v) is 7.41. The number of carboxylic acids is 1. The number of aromatic nitrogens is 3. The molecule has 6 nitrogen and oxygen atoms in total. The molecule has 0 radical (unpaired) electrons. The van der Waals surface area contributed by atoms with Crippen molar-refractivity contribution in [2.24, 2.45) is 7.05 Å². The number of carbonyl (C=O) groups is 1. The van der Waals surface area contributed by atoms with E-state index in [0.29, 0.717) is 12.2 Å². The van der Waals surface area contributed by atoms with E-state index in [2.05, 4.69) is 5.10 Å². The Bertz CT molecular complexity index is 863. The summed E-state index contributed by atoms with van der Waals surface area (Å²) in [5.74, 6) is -0.927. The quantitative estimate of drug-likeness (QED) is 0.786. The van der Waals surface area contributed by atoms with Gasteiger partial charge < -0.3 is 14.2 Å². The zero-order chi connectivity index (χ0) is 16.6. The smallest absolute Gasteiger partial charge is 0.336 e. The van der Waals surface area contributed by atoms with Crippen LogP contribution in [0.2, 0.25) is 0 Å². The Balaban J connectivity index is 1.95. The maximum Gasteiger partial charge on any atom is 0.336 e. The molecule has 6 heteroatoms. The molecule has 0 aliphatic carbocycles. The molecule has 0 bridgehead atoms. The van der Waals surface area contributed by atoms with Gasteiger partial charge in [-0.05, 0) is 43.7 Å². The highest BCUT2D eigenvalue weighted by Gasteiger charge is 2.19. The van der Waals surface area contributed by atoms with Crippen molar-refractivity contribution in [3.8, 4) is 0 Å².